The molecular weight excluding hydrogens is 411 g/mol. The predicted molar refractivity (Wildman–Crippen MR) is 119 cm³/mol. The van der Waals surface area contributed by atoms with Gasteiger partial charge in [-0.3, -0.25) is 4.79 Å². The number of ether oxygens (including phenoxy) is 1. The molecule has 0 spiro atoms. The van der Waals surface area contributed by atoms with Gasteiger partial charge in [-0.05, 0) is 54.5 Å². The zero-order valence-corrected chi connectivity index (χ0v) is 17.6. The fourth-order valence-corrected chi connectivity index (χ4v) is 4.51. The van der Waals surface area contributed by atoms with E-state index < -0.39 is 12.1 Å². The first-order chi connectivity index (χ1) is 15.5. The number of amides is 1. The van der Waals surface area contributed by atoms with E-state index in [2.05, 4.69) is 11.9 Å². The van der Waals surface area contributed by atoms with Gasteiger partial charge in [0, 0.05) is 17.1 Å². The number of carbonyl (C=O) groups excluding carboxylic acids is 1. The van der Waals surface area contributed by atoms with Crippen molar-refractivity contribution in [1.82, 2.24) is 9.88 Å². The highest BCUT2D eigenvalue weighted by Gasteiger charge is 2.28. The second-order valence-electron chi connectivity index (χ2n) is 8.00. The van der Waals surface area contributed by atoms with Crippen molar-refractivity contribution in [2.75, 3.05) is 0 Å². The second-order valence-corrected chi connectivity index (χ2v) is 8.00. The number of hydrogen-bond donors (Lipinski definition) is 2. The van der Waals surface area contributed by atoms with Gasteiger partial charge in [0.05, 0.1) is 5.52 Å². The molecule has 0 bridgehead atoms. The summed E-state index contributed by atoms with van der Waals surface area (Å²) in [6, 6.07) is 12.1. The third-order valence-electron chi connectivity index (χ3n) is 5.80. The standard InChI is InChI=1S/C25H25FN2O4/c1-2-6-17-11-18(26)12-21-20-13-19(9-10-22(20)28(24(17)21)14-23(29)30)27-25(31)32-15-16-7-4-3-5-8-16/h2-5,7-8,11-12,19H,1,6,9-10,13-15H2,(H,27,31)(H,29,30). The van der Waals surface area contributed by atoms with Crippen molar-refractivity contribution in [1.29, 1.82) is 0 Å². The Hall–Kier alpha value is -3.61. The van der Waals surface area contributed by atoms with E-state index in [1.807, 2.05) is 30.3 Å². The second kappa shape index (κ2) is 9.26. The van der Waals surface area contributed by atoms with Crippen LogP contribution in [0.5, 0.6) is 0 Å². The summed E-state index contributed by atoms with van der Waals surface area (Å²) >= 11 is 0. The summed E-state index contributed by atoms with van der Waals surface area (Å²) in [5, 5.41) is 13.1. The first kappa shape index (κ1) is 21.6. The molecule has 0 saturated heterocycles. The molecule has 32 heavy (non-hydrogen) atoms. The lowest BCUT2D eigenvalue weighted by Crippen LogP contribution is -2.39. The van der Waals surface area contributed by atoms with Gasteiger partial charge in [0.15, 0.2) is 0 Å². The van der Waals surface area contributed by atoms with E-state index in [9.17, 15) is 19.1 Å². The van der Waals surface area contributed by atoms with Crippen molar-refractivity contribution in [3.05, 3.63) is 83.3 Å². The van der Waals surface area contributed by atoms with Crippen molar-refractivity contribution in [3.63, 3.8) is 0 Å². The number of nitrogens with one attached hydrogen (secondary N) is 1. The van der Waals surface area contributed by atoms with E-state index >= 15 is 0 Å². The van der Waals surface area contributed by atoms with E-state index in [0.29, 0.717) is 36.6 Å². The first-order valence-corrected chi connectivity index (χ1v) is 10.6. The van der Waals surface area contributed by atoms with Gasteiger partial charge >= 0.3 is 12.1 Å². The third kappa shape index (κ3) is 4.51. The number of hydrogen-bond acceptors (Lipinski definition) is 3. The number of fused-ring (bicyclic) bond motifs is 3. The van der Waals surface area contributed by atoms with E-state index in [1.54, 1.807) is 10.6 Å². The maximum atomic E-state index is 14.4. The summed E-state index contributed by atoms with van der Waals surface area (Å²) in [6.45, 7) is 3.72. The summed E-state index contributed by atoms with van der Waals surface area (Å²) < 4.78 is 21.5. The first-order valence-electron chi connectivity index (χ1n) is 10.6. The predicted octanol–water partition coefficient (Wildman–Crippen LogP) is 4.38. The van der Waals surface area contributed by atoms with E-state index in [-0.39, 0.29) is 25.0 Å². The largest absolute Gasteiger partial charge is 0.480 e. The average molecular weight is 436 g/mol. The molecule has 0 fully saturated rings. The molecule has 7 heteroatoms. The van der Waals surface area contributed by atoms with Crippen molar-refractivity contribution < 1.29 is 23.8 Å². The number of alkyl carbamates (subject to hydrolysis) is 1. The van der Waals surface area contributed by atoms with Crippen LogP contribution in [0.25, 0.3) is 10.9 Å². The van der Waals surface area contributed by atoms with Crippen molar-refractivity contribution in [2.24, 2.45) is 0 Å². The topological polar surface area (TPSA) is 80.6 Å². The van der Waals surface area contributed by atoms with Gasteiger partial charge in [0.1, 0.15) is 19.0 Å². The lowest BCUT2D eigenvalue weighted by Gasteiger charge is -2.24. The molecule has 0 aliphatic heterocycles. The van der Waals surface area contributed by atoms with Crippen LogP contribution < -0.4 is 5.32 Å². The van der Waals surface area contributed by atoms with Gasteiger partial charge in [0.25, 0.3) is 0 Å². The van der Waals surface area contributed by atoms with Crippen LogP contribution in [-0.4, -0.2) is 27.8 Å². The molecule has 0 saturated carbocycles. The maximum absolute atomic E-state index is 14.4. The van der Waals surface area contributed by atoms with E-state index in [0.717, 1.165) is 22.3 Å². The molecule has 6 nitrogen and oxygen atoms in total. The minimum atomic E-state index is -0.955. The average Bonchev–Trinajstić information content (AvgIpc) is 3.05. The molecule has 1 unspecified atom stereocenters. The third-order valence-corrected chi connectivity index (χ3v) is 5.80. The lowest BCUT2D eigenvalue weighted by molar-refractivity contribution is -0.137. The highest BCUT2D eigenvalue weighted by molar-refractivity contribution is 5.90. The lowest BCUT2D eigenvalue weighted by atomic mass is 9.91. The molecule has 0 radical (unpaired) electrons. The summed E-state index contributed by atoms with van der Waals surface area (Å²) in [6.07, 6.45) is 3.31. The zero-order chi connectivity index (χ0) is 22.7. The zero-order valence-electron chi connectivity index (χ0n) is 17.6. The van der Waals surface area contributed by atoms with Crippen molar-refractivity contribution in [2.45, 2.75) is 44.9 Å². The molecule has 1 amide bonds. The number of nitrogens with zero attached hydrogens (tertiary/aromatic N) is 1. The van der Waals surface area contributed by atoms with Gasteiger partial charge in [-0.1, -0.05) is 36.4 Å². The molecule has 4 rings (SSSR count). The highest BCUT2D eigenvalue weighted by Crippen LogP contribution is 2.35. The van der Waals surface area contributed by atoms with Crippen LogP contribution in [-0.2, 0) is 41.9 Å². The van der Waals surface area contributed by atoms with Gasteiger partial charge < -0.3 is 19.7 Å². The normalized spacial score (nSPS) is 15.2. The van der Waals surface area contributed by atoms with E-state index in [1.165, 1.54) is 12.1 Å². The van der Waals surface area contributed by atoms with Gasteiger partial charge in [-0.15, -0.1) is 6.58 Å². The monoisotopic (exact) mass is 436 g/mol. The van der Waals surface area contributed by atoms with Crippen LogP contribution in [0.15, 0.2) is 55.1 Å². The molecule has 166 valence electrons. The maximum Gasteiger partial charge on any atom is 0.407 e. The van der Waals surface area contributed by atoms with Crippen LogP contribution >= 0.6 is 0 Å². The molecular formula is C25H25FN2O4. The van der Waals surface area contributed by atoms with Crippen LogP contribution in [0.3, 0.4) is 0 Å². The number of halogens is 1. The molecule has 1 aliphatic carbocycles. The molecule has 2 N–H and O–H groups in total. The fourth-order valence-electron chi connectivity index (χ4n) is 4.51. The minimum Gasteiger partial charge on any atom is -0.480 e. The summed E-state index contributed by atoms with van der Waals surface area (Å²) in [5.41, 5.74) is 4.10. The summed E-state index contributed by atoms with van der Waals surface area (Å²) in [4.78, 5) is 23.9. The Morgan fingerprint density at radius 3 is 2.78 bits per heavy atom. The number of aromatic nitrogens is 1. The van der Waals surface area contributed by atoms with Crippen LogP contribution in [0.4, 0.5) is 9.18 Å². The number of rotatable bonds is 7. The Morgan fingerprint density at radius 2 is 2.06 bits per heavy atom. The van der Waals surface area contributed by atoms with Gasteiger partial charge in [-0.2, -0.15) is 0 Å². The van der Waals surface area contributed by atoms with Crippen molar-refractivity contribution >= 4 is 23.0 Å². The molecule has 1 heterocycles. The Labute approximate surface area is 185 Å². The highest BCUT2D eigenvalue weighted by atomic mass is 19.1. The van der Waals surface area contributed by atoms with Crippen LogP contribution in [0.1, 0.15) is 28.8 Å². The fraction of sp³-hybridized carbons (Fsp3) is 0.280. The molecule has 3 aromatic rings. The molecule has 2 aromatic carbocycles. The number of carbonyl (C=O) groups is 2. The Morgan fingerprint density at radius 1 is 1.28 bits per heavy atom. The quantitative estimate of drug-likeness (QED) is 0.539. The number of aliphatic carboxylic acids is 1. The smallest absolute Gasteiger partial charge is 0.407 e. The number of allylic oxidation sites excluding steroid dienone is 1. The summed E-state index contributed by atoms with van der Waals surface area (Å²) in [5.74, 6) is -1.33. The Balaban J connectivity index is 1.58. The number of carboxylic acid groups (broad SMARTS) is 1. The minimum absolute atomic E-state index is 0.179. The number of carboxylic acids is 1. The van der Waals surface area contributed by atoms with Crippen LogP contribution in [0, 0.1) is 5.82 Å². The molecule has 1 atom stereocenters. The Kier molecular flexibility index (Phi) is 6.25. The summed E-state index contributed by atoms with van der Waals surface area (Å²) in [7, 11) is 0. The van der Waals surface area contributed by atoms with E-state index in [4.69, 9.17) is 4.74 Å². The van der Waals surface area contributed by atoms with Crippen LogP contribution in [0.2, 0.25) is 0 Å². The van der Waals surface area contributed by atoms with Gasteiger partial charge in [0.2, 0.25) is 0 Å². The number of benzene rings is 2. The molecule has 1 aromatic heterocycles. The SMILES string of the molecule is C=CCc1cc(F)cc2c3c(n(CC(=O)O)c12)CCC(NC(=O)OCc1ccccc1)C3. The van der Waals surface area contributed by atoms with Gasteiger partial charge in [-0.25, -0.2) is 9.18 Å². The molecule has 1 aliphatic rings. The van der Waals surface area contributed by atoms with Crippen molar-refractivity contribution in [3.8, 4) is 0 Å². The Bertz CT molecular complexity index is 1170.